The number of nitrogens with zero attached hydrogens (tertiary/aromatic N) is 4. The number of amides is 1. The van der Waals surface area contributed by atoms with Gasteiger partial charge in [-0.1, -0.05) is 62.7 Å². The van der Waals surface area contributed by atoms with Crippen molar-refractivity contribution in [1.29, 1.82) is 0 Å². The lowest BCUT2D eigenvalue weighted by Crippen LogP contribution is -2.57. The van der Waals surface area contributed by atoms with E-state index in [1.165, 1.54) is 51.4 Å². The Morgan fingerprint density at radius 3 is 2.35 bits per heavy atom. The molecule has 5 atom stereocenters. The number of nitrogens with one attached hydrogen (secondary N) is 1. The fourth-order valence-corrected chi connectivity index (χ4v) is 7.83. The fraction of sp³-hybridized carbons (Fsp3) is 0.667. The van der Waals surface area contributed by atoms with E-state index in [1.54, 1.807) is 7.05 Å². The number of rotatable bonds is 9. The van der Waals surface area contributed by atoms with Gasteiger partial charge in [-0.25, -0.2) is 9.78 Å². The van der Waals surface area contributed by atoms with Gasteiger partial charge in [-0.2, -0.15) is 0 Å². The number of hydrogen-bond donors (Lipinski definition) is 2. The number of aromatic nitrogens is 2. The third-order valence-electron chi connectivity index (χ3n) is 9.75. The first-order chi connectivity index (χ1) is 20.9. The maximum atomic E-state index is 14.3. The number of carboxylic acid groups (broad SMARTS) is 1. The van der Waals surface area contributed by atoms with Crippen LogP contribution in [0.3, 0.4) is 0 Å². The SMILES string of the molecule is CNC(=O)CC/C(=N\OCC(=O)O)c1nc2ccccc2n([C@H]2C[C@H]3CCC[C@@H](C2)N3[C@@H]2CCCCCC[C@@H](C)C2)c1=O. The summed E-state index contributed by atoms with van der Waals surface area (Å²) < 4.78 is 1.92. The largest absolute Gasteiger partial charge is 0.479 e. The Balaban J connectivity index is 1.50. The lowest BCUT2D eigenvalue weighted by molar-refractivity contribution is -0.142. The topological polar surface area (TPSA) is 126 Å². The summed E-state index contributed by atoms with van der Waals surface area (Å²) in [4.78, 5) is 50.2. The molecule has 3 fully saturated rings. The van der Waals surface area contributed by atoms with Crippen molar-refractivity contribution in [2.24, 2.45) is 11.1 Å². The molecule has 234 valence electrons. The van der Waals surface area contributed by atoms with Crippen LogP contribution < -0.4 is 10.9 Å². The maximum Gasteiger partial charge on any atom is 0.344 e. The van der Waals surface area contributed by atoms with E-state index in [1.807, 2.05) is 28.8 Å². The second-order valence-electron chi connectivity index (χ2n) is 12.8. The molecule has 3 heterocycles. The molecule has 0 unspecified atom stereocenters. The molecule has 43 heavy (non-hydrogen) atoms. The molecule has 0 spiro atoms. The van der Waals surface area contributed by atoms with Crippen LogP contribution in [0.1, 0.15) is 109 Å². The van der Waals surface area contributed by atoms with E-state index in [0.717, 1.165) is 37.1 Å². The lowest BCUT2D eigenvalue weighted by atomic mass is 9.78. The number of carbonyl (C=O) groups excluding carboxylic acids is 1. The lowest BCUT2D eigenvalue weighted by Gasteiger charge is -2.53. The van der Waals surface area contributed by atoms with Crippen LogP contribution in [-0.4, -0.2) is 68.9 Å². The Bertz CT molecular complexity index is 1360. The van der Waals surface area contributed by atoms with Gasteiger partial charge in [-0.15, -0.1) is 0 Å². The highest BCUT2D eigenvalue weighted by atomic mass is 16.6. The third kappa shape index (κ3) is 7.45. The minimum absolute atomic E-state index is 0.0135. The Labute approximate surface area is 253 Å². The Kier molecular flexibility index (Phi) is 10.5. The standard InChI is InChI=1S/C33H47N5O5/c1-22-10-5-3-4-6-11-23(18-22)37-24-12-9-13-25(37)20-26(19-24)38-29-15-8-7-14-27(29)35-32(33(38)42)28(16-17-30(39)34-2)36-43-21-31(40)41/h7-8,14-15,22-26H,3-6,9-13,16-21H2,1-2H3,(H,34,39)(H,40,41)/b36-28+/t22-,23-,24-,25+,26+/m1/s1. The zero-order valence-electron chi connectivity index (χ0n) is 25.7. The predicted molar refractivity (Wildman–Crippen MR) is 166 cm³/mol. The van der Waals surface area contributed by atoms with E-state index in [2.05, 4.69) is 22.3 Å². The first kappa shape index (κ1) is 31.2. The molecule has 10 nitrogen and oxygen atoms in total. The highest BCUT2D eigenvalue weighted by Gasteiger charge is 2.43. The molecule has 2 aromatic rings. The first-order valence-corrected chi connectivity index (χ1v) is 16.3. The Morgan fingerprint density at radius 1 is 0.953 bits per heavy atom. The summed E-state index contributed by atoms with van der Waals surface area (Å²) >= 11 is 0. The van der Waals surface area contributed by atoms with Crippen LogP contribution in [0, 0.1) is 5.92 Å². The summed E-state index contributed by atoms with van der Waals surface area (Å²) in [5.74, 6) is -0.649. The molecule has 5 rings (SSSR count). The van der Waals surface area contributed by atoms with Gasteiger partial charge in [-0.05, 0) is 56.6 Å². The number of hydrogen-bond acceptors (Lipinski definition) is 7. The van der Waals surface area contributed by atoms with Crippen molar-refractivity contribution in [3.05, 3.63) is 40.3 Å². The fourth-order valence-electron chi connectivity index (χ4n) is 7.83. The molecule has 10 heteroatoms. The molecule has 1 aliphatic carbocycles. The second-order valence-corrected chi connectivity index (χ2v) is 12.8. The second kappa shape index (κ2) is 14.5. The van der Waals surface area contributed by atoms with Gasteiger partial charge < -0.3 is 19.8 Å². The highest BCUT2D eigenvalue weighted by Crippen LogP contribution is 2.43. The van der Waals surface area contributed by atoms with Crippen LogP contribution in [0.5, 0.6) is 0 Å². The zero-order valence-corrected chi connectivity index (χ0v) is 25.7. The molecule has 1 amide bonds. The molecule has 3 aliphatic rings. The summed E-state index contributed by atoms with van der Waals surface area (Å²) in [5, 5.41) is 15.7. The van der Waals surface area contributed by atoms with Crippen molar-refractivity contribution in [2.75, 3.05) is 13.7 Å². The number of para-hydroxylation sites is 2. The van der Waals surface area contributed by atoms with Gasteiger partial charge in [0.15, 0.2) is 5.69 Å². The average molecular weight is 594 g/mol. The van der Waals surface area contributed by atoms with E-state index in [0.29, 0.717) is 23.6 Å². The minimum Gasteiger partial charge on any atom is -0.479 e. The Hall–Kier alpha value is -3.27. The summed E-state index contributed by atoms with van der Waals surface area (Å²) in [7, 11) is 1.55. The van der Waals surface area contributed by atoms with E-state index >= 15 is 0 Å². The third-order valence-corrected chi connectivity index (χ3v) is 9.75. The average Bonchev–Trinajstić information content (AvgIpc) is 3.09. The Morgan fingerprint density at radius 2 is 1.63 bits per heavy atom. The summed E-state index contributed by atoms with van der Waals surface area (Å²) in [6.07, 6.45) is 14.7. The summed E-state index contributed by atoms with van der Waals surface area (Å²) in [6, 6.07) is 9.18. The molecule has 2 N–H and O–H groups in total. The van der Waals surface area contributed by atoms with Gasteiger partial charge in [0, 0.05) is 44.1 Å². The molecular weight excluding hydrogens is 546 g/mol. The maximum absolute atomic E-state index is 14.3. The quantitative estimate of drug-likeness (QED) is 0.308. The number of carboxylic acids is 1. The van der Waals surface area contributed by atoms with Crippen molar-refractivity contribution in [2.45, 2.75) is 121 Å². The van der Waals surface area contributed by atoms with Gasteiger partial charge in [0.1, 0.15) is 5.71 Å². The number of fused-ring (bicyclic) bond motifs is 3. The normalized spacial score (nSPS) is 27.1. The predicted octanol–water partition coefficient (Wildman–Crippen LogP) is 5.04. The van der Waals surface area contributed by atoms with E-state index in [4.69, 9.17) is 14.9 Å². The summed E-state index contributed by atoms with van der Waals surface area (Å²) in [5.41, 5.74) is 1.50. The number of aliphatic carboxylic acids is 1. The zero-order chi connectivity index (χ0) is 30.3. The molecule has 1 aromatic carbocycles. The van der Waals surface area contributed by atoms with E-state index in [9.17, 15) is 14.4 Å². The molecule has 2 bridgehead atoms. The number of carbonyl (C=O) groups is 2. The van der Waals surface area contributed by atoms with Crippen LogP contribution >= 0.6 is 0 Å². The van der Waals surface area contributed by atoms with Gasteiger partial charge in [0.2, 0.25) is 12.5 Å². The monoisotopic (exact) mass is 593 g/mol. The highest BCUT2D eigenvalue weighted by molar-refractivity contribution is 6.01. The number of piperidine rings is 2. The number of benzene rings is 1. The van der Waals surface area contributed by atoms with Gasteiger partial charge in [0.25, 0.3) is 5.56 Å². The molecule has 1 saturated carbocycles. The van der Waals surface area contributed by atoms with Crippen molar-refractivity contribution in [1.82, 2.24) is 19.8 Å². The van der Waals surface area contributed by atoms with Crippen LogP contribution in [0.4, 0.5) is 0 Å². The van der Waals surface area contributed by atoms with Crippen LogP contribution in [0.2, 0.25) is 0 Å². The molecule has 2 saturated heterocycles. The first-order valence-electron chi connectivity index (χ1n) is 16.3. The smallest absolute Gasteiger partial charge is 0.344 e. The minimum atomic E-state index is -1.18. The van der Waals surface area contributed by atoms with Crippen LogP contribution in [0.25, 0.3) is 11.0 Å². The van der Waals surface area contributed by atoms with Gasteiger partial charge in [-0.3, -0.25) is 14.5 Å². The molecule has 0 radical (unpaired) electrons. The van der Waals surface area contributed by atoms with Gasteiger partial charge >= 0.3 is 5.97 Å². The van der Waals surface area contributed by atoms with Crippen molar-refractivity contribution in [3.63, 3.8) is 0 Å². The van der Waals surface area contributed by atoms with Crippen molar-refractivity contribution < 1.29 is 19.5 Å². The molecule has 1 aromatic heterocycles. The summed E-state index contributed by atoms with van der Waals surface area (Å²) in [6.45, 7) is 1.78. The van der Waals surface area contributed by atoms with Crippen molar-refractivity contribution in [3.8, 4) is 0 Å². The van der Waals surface area contributed by atoms with E-state index in [-0.39, 0.29) is 41.8 Å². The molecular formula is C33H47N5O5. The van der Waals surface area contributed by atoms with E-state index < -0.39 is 12.6 Å². The van der Waals surface area contributed by atoms with Crippen LogP contribution in [-0.2, 0) is 14.4 Å². The number of oxime groups is 1. The van der Waals surface area contributed by atoms with Gasteiger partial charge in [0.05, 0.1) is 11.0 Å². The van der Waals surface area contributed by atoms with Crippen molar-refractivity contribution >= 4 is 28.6 Å². The molecule has 2 aliphatic heterocycles. The van der Waals surface area contributed by atoms with Crippen LogP contribution in [0.15, 0.2) is 34.2 Å².